The number of hydrogen-bond acceptors (Lipinski definition) is 4. The third-order valence-electron chi connectivity index (χ3n) is 3.65. The van der Waals surface area contributed by atoms with Crippen LogP contribution >= 0.6 is 11.9 Å². The minimum Gasteiger partial charge on any atom is -0.300 e. The van der Waals surface area contributed by atoms with Gasteiger partial charge >= 0.3 is 0 Å². The van der Waals surface area contributed by atoms with Crippen LogP contribution in [0.2, 0.25) is 0 Å². The second-order valence-electron chi connectivity index (χ2n) is 4.30. The van der Waals surface area contributed by atoms with E-state index in [1.165, 1.54) is 25.8 Å². The zero-order chi connectivity index (χ0) is 8.67. The molecule has 2 saturated heterocycles. The maximum absolute atomic E-state index is 3.61. The van der Waals surface area contributed by atoms with Gasteiger partial charge in [0.1, 0.15) is 0 Å². The van der Waals surface area contributed by atoms with Gasteiger partial charge in [0.05, 0.1) is 0 Å². The van der Waals surface area contributed by atoms with Crippen molar-refractivity contribution in [1.29, 1.82) is 0 Å². The molecule has 4 heteroatoms. The fourth-order valence-electron chi connectivity index (χ4n) is 3.00. The Morgan fingerprint density at radius 3 is 3.08 bits per heavy atom. The Morgan fingerprint density at radius 2 is 2.08 bits per heavy atom. The van der Waals surface area contributed by atoms with Crippen LogP contribution in [0.1, 0.15) is 19.3 Å². The molecule has 3 aliphatic rings. The summed E-state index contributed by atoms with van der Waals surface area (Å²) in [6, 6.07) is 1.52. The highest BCUT2D eigenvalue weighted by Gasteiger charge is 2.42. The van der Waals surface area contributed by atoms with E-state index in [9.17, 15) is 0 Å². The molecule has 0 radical (unpaired) electrons. The summed E-state index contributed by atoms with van der Waals surface area (Å²) in [6.45, 7) is 2.22. The highest BCUT2D eigenvalue weighted by Crippen LogP contribution is 2.38. The van der Waals surface area contributed by atoms with Crippen LogP contribution in [0.4, 0.5) is 0 Å². The van der Waals surface area contributed by atoms with Gasteiger partial charge in [-0.05, 0) is 25.2 Å². The van der Waals surface area contributed by atoms with Gasteiger partial charge in [0.15, 0.2) is 0 Å². The van der Waals surface area contributed by atoms with Gasteiger partial charge in [-0.3, -0.25) is 10.0 Å². The van der Waals surface area contributed by atoms with E-state index >= 15 is 0 Å². The van der Waals surface area contributed by atoms with Gasteiger partial charge in [-0.1, -0.05) is 11.9 Å². The van der Waals surface area contributed by atoms with E-state index in [1.54, 1.807) is 0 Å². The summed E-state index contributed by atoms with van der Waals surface area (Å²) in [7, 11) is 0. The second-order valence-corrected chi connectivity index (χ2v) is 5.43. The molecule has 0 amide bonds. The summed E-state index contributed by atoms with van der Waals surface area (Å²) < 4.78 is 3.43. The second kappa shape index (κ2) is 3.42. The van der Waals surface area contributed by atoms with Gasteiger partial charge < -0.3 is 5.32 Å². The van der Waals surface area contributed by atoms with Crippen molar-refractivity contribution in [2.24, 2.45) is 5.92 Å². The quantitative estimate of drug-likeness (QED) is 0.490. The van der Waals surface area contributed by atoms with Gasteiger partial charge in [-0.25, -0.2) is 0 Å². The van der Waals surface area contributed by atoms with Crippen LogP contribution in [0.3, 0.4) is 0 Å². The number of rotatable bonds is 0. The third kappa shape index (κ3) is 1.40. The number of nitrogens with one attached hydrogen (secondary N) is 3. The molecule has 1 aliphatic carbocycles. The lowest BCUT2D eigenvalue weighted by molar-refractivity contribution is 0.255. The standard InChI is InChI=1S/C9H17N3S/c1-2-8-6(3-4-12-13-8)9-7(1)10-5-11-9/h6-12H,1-5H2. The van der Waals surface area contributed by atoms with Crippen LogP contribution in [0, 0.1) is 5.92 Å². The molecule has 3 N–H and O–H groups in total. The minimum absolute atomic E-state index is 0.758. The molecule has 0 aromatic rings. The average molecular weight is 199 g/mol. The van der Waals surface area contributed by atoms with E-state index in [2.05, 4.69) is 15.4 Å². The van der Waals surface area contributed by atoms with Crippen molar-refractivity contribution in [3.05, 3.63) is 0 Å². The Morgan fingerprint density at radius 1 is 1.08 bits per heavy atom. The lowest BCUT2D eigenvalue weighted by Gasteiger charge is -2.42. The summed E-state index contributed by atoms with van der Waals surface area (Å²) in [6.07, 6.45) is 4.10. The van der Waals surface area contributed by atoms with Crippen LogP contribution in [0.25, 0.3) is 0 Å². The number of hydrogen-bond donors (Lipinski definition) is 3. The first-order valence-electron chi connectivity index (χ1n) is 5.30. The monoisotopic (exact) mass is 199 g/mol. The molecule has 3 nitrogen and oxygen atoms in total. The fraction of sp³-hybridized carbons (Fsp3) is 1.00. The Bertz CT molecular complexity index is 199. The first-order chi connectivity index (χ1) is 6.45. The fourth-order valence-corrected chi connectivity index (χ4v) is 4.18. The van der Waals surface area contributed by atoms with Crippen LogP contribution in [-0.4, -0.2) is 30.5 Å². The Hall–Kier alpha value is 0.230. The van der Waals surface area contributed by atoms with Crippen molar-refractivity contribution in [2.75, 3.05) is 13.2 Å². The minimum atomic E-state index is 0.758. The predicted molar refractivity (Wildman–Crippen MR) is 55.4 cm³/mol. The maximum Gasteiger partial charge on any atom is 0.0459 e. The average Bonchev–Trinajstić information content (AvgIpc) is 2.65. The van der Waals surface area contributed by atoms with Gasteiger partial charge in [-0.15, -0.1) is 0 Å². The molecule has 2 aliphatic heterocycles. The van der Waals surface area contributed by atoms with E-state index < -0.39 is 0 Å². The van der Waals surface area contributed by atoms with Crippen molar-refractivity contribution >= 4 is 11.9 Å². The first kappa shape index (κ1) is 8.53. The highest BCUT2D eigenvalue weighted by molar-refractivity contribution is 7.98. The van der Waals surface area contributed by atoms with Crippen LogP contribution < -0.4 is 15.4 Å². The molecule has 1 saturated carbocycles. The molecule has 0 aromatic carbocycles. The topological polar surface area (TPSA) is 36.1 Å². The predicted octanol–water partition coefficient (Wildman–Crippen LogP) is 0.294. The normalized spacial score (nSPS) is 49.8. The summed E-state index contributed by atoms with van der Waals surface area (Å²) >= 11 is 1.98. The van der Waals surface area contributed by atoms with Crippen molar-refractivity contribution < 1.29 is 0 Å². The molecule has 74 valence electrons. The van der Waals surface area contributed by atoms with E-state index in [1.807, 2.05) is 11.9 Å². The van der Waals surface area contributed by atoms with E-state index in [4.69, 9.17) is 0 Å². The Balaban J connectivity index is 1.77. The molecular weight excluding hydrogens is 182 g/mol. The summed E-state index contributed by atoms with van der Waals surface area (Å²) in [5.74, 6) is 0.903. The molecule has 3 fully saturated rings. The SMILES string of the molecule is C1CC2C(CCC3NCNC32)SN1. The molecule has 0 aromatic heterocycles. The molecule has 4 unspecified atom stereocenters. The number of fused-ring (bicyclic) bond motifs is 3. The summed E-state index contributed by atoms with van der Waals surface area (Å²) in [5.41, 5.74) is 0. The Labute approximate surface area is 83.5 Å². The smallest absolute Gasteiger partial charge is 0.0459 e. The van der Waals surface area contributed by atoms with Crippen molar-refractivity contribution in [2.45, 2.75) is 36.6 Å². The van der Waals surface area contributed by atoms with Crippen LogP contribution in [0.15, 0.2) is 0 Å². The molecule has 3 rings (SSSR count). The van der Waals surface area contributed by atoms with Crippen molar-refractivity contribution in [3.8, 4) is 0 Å². The zero-order valence-electron chi connectivity index (χ0n) is 7.75. The molecule has 4 atom stereocenters. The summed E-state index contributed by atoms with van der Waals surface area (Å²) in [5, 5.41) is 8.02. The van der Waals surface area contributed by atoms with Gasteiger partial charge in [0, 0.05) is 30.5 Å². The first-order valence-corrected chi connectivity index (χ1v) is 6.18. The van der Waals surface area contributed by atoms with Gasteiger partial charge in [-0.2, -0.15) is 0 Å². The van der Waals surface area contributed by atoms with E-state index in [-0.39, 0.29) is 0 Å². The maximum atomic E-state index is 3.61. The van der Waals surface area contributed by atoms with Crippen LogP contribution in [0.5, 0.6) is 0 Å². The zero-order valence-corrected chi connectivity index (χ0v) is 8.57. The largest absolute Gasteiger partial charge is 0.300 e. The third-order valence-corrected chi connectivity index (χ3v) is 4.91. The molecule has 13 heavy (non-hydrogen) atoms. The van der Waals surface area contributed by atoms with Crippen LogP contribution in [-0.2, 0) is 0 Å². The van der Waals surface area contributed by atoms with Crippen molar-refractivity contribution in [1.82, 2.24) is 15.4 Å². The van der Waals surface area contributed by atoms with Crippen molar-refractivity contribution in [3.63, 3.8) is 0 Å². The molecular formula is C9H17N3S. The van der Waals surface area contributed by atoms with E-state index in [0.29, 0.717) is 0 Å². The lowest BCUT2D eigenvalue weighted by atomic mass is 9.79. The molecule has 2 heterocycles. The molecule has 0 spiro atoms. The van der Waals surface area contributed by atoms with Gasteiger partial charge in [0.25, 0.3) is 0 Å². The summed E-state index contributed by atoms with van der Waals surface area (Å²) in [4.78, 5) is 0. The lowest BCUT2D eigenvalue weighted by Crippen LogP contribution is -2.51. The van der Waals surface area contributed by atoms with Gasteiger partial charge in [0.2, 0.25) is 0 Å². The molecule has 0 bridgehead atoms. The van der Waals surface area contributed by atoms with E-state index in [0.717, 1.165) is 29.9 Å². The Kier molecular flexibility index (Phi) is 2.25. The highest BCUT2D eigenvalue weighted by atomic mass is 32.2.